The van der Waals surface area contributed by atoms with Crippen molar-refractivity contribution in [2.24, 2.45) is 0 Å². The lowest BCUT2D eigenvalue weighted by molar-refractivity contribution is 0.598. The highest BCUT2D eigenvalue weighted by molar-refractivity contribution is 9.10. The molecule has 1 aromatic heterocycles. The molecule has 0 N–H and O–H groups in total. The van der Waals surface area contributed by atoms with E-state index in [4.69, 9.17) is 0 Å². The van der Waals surface area contributed by atoms with Crippen LogP contribution in [-0.4, -0.2) is 14.6 Å². The number of alkyl halides is 1. The van der Waals surface area contributed by atoms with Crippen LogP contribution >= 0.6 is 31.9 Å². The fourth-order valence-corrected chi connectivity index (χ4v) is 2.46. The van der Waals surface area contributed by atoms with Crippen LogP contribution in [0.1, 0.15) is 38.1 Å². The number of hydrogen-bond acceptors (Lipinski definition) is 1. The Hall–Kier alpha value is 0.170. The summed E-state index contributed by atoms with van der Waals surface area (Å²) in [5.41, 5.74) is 2.43. The quantitative estimate of drug-likeness (QED) is 0.740. The monoisotopic (exact) mass is 336 g/mol. The number of aryl methyl sites for hydroxylation is 2. The van der Waals surface area contributed by atoms with Gasteiger partial charge in [-0.2, -0.15) is 5.10 Å². The third-order valence-electron chi connectivity index (χ3n) is 2.47. The Kier molecular flexibility index (Phi) is 5.33. The van der Waals surface area contributed by atoms with E-state index in [1.165, 1.54) is 23.0 Å². The predicted octanol–water partition coefficient (Wildman–Crippen LogP) is 4.08. The lowest BCUT2D eigenvalue weighted by Gasteiger charge is -2.06. The van der Waals surface area contributed by atoms with Crippen LogP contribution in [0.4, 0.5) is 0 Å². The Morgan fingerprint density at radius 1 is 1.47 bits per heavy atom. The summed E-state index contributed by atoms with van der Waals surface area (Å²) >= 11 is 7.19. The molecule has 0 aliphatic heterocycles. The van der Waals surface area contributed by atoms with Gasteiger partial charge < -0.3 is 0 Å². The van der Waals surface area contributed by atoms with Crippen LogP contribution in [0, 0.1) is 6.92 Å². The maximum Gasteiger partial charge on any atom is 0.0738 e. The first-order chi connectivity index (χ1) is 7.06. The van der Waals surface area contributed by atoms with Gasteiger partial charge >= 0.3 is 0 Å². The minimum Gasteiger partial charge on any atom is -0.268 e. The summed E-state index contributed by atoms with van der Waals surface area (Å²) in [5.74, 6) is 0. The molecule has 1 unspecified atom stereocenters. The van der Waals surface area contributed by atoms with Crippen molar-refractivity contribution in [3.63, 3.8) is 0 Å². The predicted molar refractivity (Wildman–Crippen MR) is 71.7 cm³/mol. The van der Waals surface area contributed by atoms with E-state index in [0.29, 0.717) is 4.83 Å². The molecule has 86 valence electrons. The van der Waals surface area contributed by atoms with Crippen LogP contribution in [0.5, 0.6) is 0 Å². The molecule has 0 aliphatic rings. The smallest absolute Gasteiger partial charge is 0.0738 e. The van der Waals surface area contributed by atoms with Gasteiger partial charge in [0, 0.05) is 11.4 Å². The number of hydrogen-bond donors (Lipinski definition) is 0. The largest absolute Gasteiger partial charge is 0.268 e. The Bertz CT molecular complexity index is 319. The fourth-order valence-electron chi connectivity index (χ4n) is 1.66. The van der Waals surface area contributed by atoms with E-state index in [-0.39, 0.29) is 0 Å². The number of rotatable bonds is 5. The van der Waals surface area contributed by atoms with Crippen LogP contribution in [0.15, 0.2) is 4.47 Å². The topological polar surface area (TPSA) is 17.8 Å². The average molecular weight is 338 g/mol. The summed E-state index contributed by atoms with van der Waals surface area (Å²) in [6.07, 6.45) is 3.52. The van der Waals surface area contributed by atoms with Gasteiger partial charge in [-0.15, -0.1) is 0 Å². The van der Waals surface area contributed by atoms with E-state index in [1.54, 1.807) is 0 Å². The van der Waals surface area contributed by atoms with E-state index >= 15 is 0 Å². The van der Waals surface area contributed by atoms with E-state index in [1.807, 2.05) is 6.92 Å². The summed E-state index contributed by atoms with van der Waals surface area (Å²) in [6.45, 7) is 7.32. The molecule has 0 saturated heterocycles. The maximum atomic E-state index is 4.48. The summed E-state index contributed by atoms with van der Waals surface area (Å²) in [6, 6.07) is 0. The van der Waals surface area contributed by atoms with Crippen molar-refractivity contribution in [1.82, 2.24) is 9.78 Å². The molecule has 0 bridgehead atoms. The third kappa shape index (κ3) is 3.59. The first kappa shape index (κ1) is 13.2. The molecule has 15 heavy (non-hydrogen) atoms. The lowest BCUT2D eigenvalue weighted by Crippen LogP contribution is -2.04. The highest BCUT2D eigenvalue weighted by atomic mass is 79.9. The average Bonchev–Trinajstić information content (AvgIpc) is 2.44. The Morgan fingerprint density at radius 3 is 2.67 bits per heavy atom. The van der Waals surface area contributed by atoms with E-state index in [0.717, 1.165) is 18.7 Å². The van der Waals surface area contributed by atoms with Gasteiger partial charge in [-0.05, 0) is 49.0 Å². The van der Waals surface area contributed by atoms with Crippen molar-refractivity contribution in [2.75, 3.05) is 0 Å². The molecule has 1 atom stereocenters. The van der Waals surface area contributed by atoms with Gasteiger partial charge in [-0.1, -0.05) is 22.9 Å². The minimum atomic E-state index is 0.607. The van der Waals surface area contributed by atoms with E-state index < -0.39 is 0 Å². The second kappa shape index (κ2) is 6.04. The van der Waals surface area contributed by atoms with Crippen LogP contribution in [0.2, 0.25) is 0 Å². The third-order valence-corrected chi connectivity index (χ3v) is 3.96. The first-order valence-corrected chi connectivity index (χ1v) is 7.13. The molecular weight excluding hydrogens is 320 g/mol. The SMILES string of the molecule is CCn1nc(C)c(Br)c1CCCC(C)Br. The highest BCUT2D eigenvalue weighted by Gasteiger charge is 2.11. The van der Waals surface area contributed by atoms with E-state index in [9.17, 15) is 0 Å². The summed E-state index contributed by atoms with van der Waals surface area (Å²) in [5, 5.41) is 4.48. The molecular formula is C11H18Br2N2. The Balaban J connectivity index is 2.66. The van der Waals surface area contributed by atoms with Crippen molar-refractivity contribution in [1.29, 1.82) is 0 Å². The van der Waals surface area contributed by atoms with Gasteiger partial charge in [-0.3, -0.25) is 4.68 Å². The Morgan fingerprint density at radius 2 is 2.13 bits per heavy atom. The zero-order valence-corrected chi connectivity index (χ0v) is 12.7. The van der Waals surface area contributed by atoms with E-state index in [2.05, 4.69) is 55.5 Å². The second-order valence-corrected chi connectivity index (χ2v) is 6.19. The van der Waals surface area contributed by atoms with Crippen molar-refractivity contribution < 1.29 is 0 Å². The van der Waals surface area contributed by atoms with Gasteiger partial charge in [0.05, 0.1) is 15.9 Å². The number of aromatic nitrogens is 2. The van der Waals surface area contributed by atoms with Crippen molar-refractivity contribution in [2.45, 2.75) is 51.4 Å². The molecule has 1 aromatic rings. The zero-order chi connectivity index (χ0) is 11.4. The van der Waals surface area contributed by atoms with Crippen molar-refractivity contribution in [3.8, 4) is 0 Å². The van der Waals surface area contributed by atoms with Gasteiger partial charge in [-0.25, -0.2) is 0 Å². The van der Waals surface area contributed by atoms with Gasteiger partial charge in [0.15, 0.2) is 0 Å². The molecule has 0 fully saturated rings. The highest BCUT2D eigenvalue weighted by Crippen LogP contribution is 2.23. The molecule has 4 heteroatoms. The molecule has 2 nitrogen and oxygen atoms in total. The summed E-state index contributed by atoms with van der Waals surface area (Å²) < 4.78 is 3.28. The zero-order valence-electron chi connectivity index (χ0n) is 9.56. The molecule has 0 aromatic carbocycles. The van der Waals surface area contributed by atoms with Crippen molar-refractivity contribution >= 4 is 31.9 Å². The molecule has 0 radical (unpaired) electrons. The molecule has 0 spiro atoms. The molecule has 0 aliphatic carbocycles. The van der Waals surface area contributed by atoms with Crippen LogP contribution < -0.4 is 0 Å². The van der Waals surface area contributed by atoms with Gasteiger partial charge in [0.1, 0.15) is 0 Å². The van der Waals surface area contributed by atoms with Gasteiger partial charge in [0.2, 0.25) is 0 Å². The van der Waals surface area contributed by atoms with Crippen LogP contribution in [0.3, 0.4) is 0 Å². The maximum absolute atomic E-state index is 4.48. The fraction of sp³-hybridized carbons (Fsp3) is 0.727. The normalized spacial score (nSPS) is 13.1. The first-order valence-electron chi connectivity index (χ1n) is 5.42. The number of halogens is 2. The summed E-state index contributed by atoms with van der Waals surface area (Å²) in [4.78, 5) is 0.607. The minimum absolute atomic E-state index is 0.607. The second-order valence-electron chi connectivity index (χ2n) is 3.83. The number of nitrogens with zero attached hydrogens (tertiary/aromatic N) is 2. The Labute approximate surface area is 109 Å². The standard InChI is InChI=1S/C11H18Br2N2/c1-4-15-10(7-5-6-8(2)12)11(13)9(3)14-15/h8H,4-7H2,1-3H3. The van der Waals surface area contributed by atoms with Crippen molar-refractivity contribution in [3.05, 3.63) is 15.9 Å². The molecule has 0 amide bonds. The lowest BCUT2D eigenvalue weighted by atomic mass is 10.1. The molecule has 1 heterocycles. The molecule has 0 saturated carbocycles. The summed E-state index contributed by atoms with van der Waals surface area (Å²) in [7, 11) is 0. The molecule has 1 rings (SSSR count). The van der Waals surface area contributed by atoms with Crippen LogP contribution in [-0.2, 0) is 13.0 Å². The van der Waals surface area contributed by atoms with Crippen LogP contribution in [0.25, 0.3) is 0 Å². The van der Waals surface area contributed by atoms with Gasteiger partial charge in [0.25, 0.3) is 0 Å².